The van der Waals surface area contributed by atoms with Gasteiger partial charge in [0.05, 0.1) is 11.6 Å². The zero-order valence-electron chi connectivity index (χ0n) is 9.89. The van der Waals surface area contributed by atoms with Crippen LogP contribution in [0.25, 0.3) is 10.9 Å². The number of hydrogen-bond acceptors (Lipinski definition) is 3. The van der Waals surface area contributed by atoms with E-state index in [0.717, 1.165) is 16.6 Å². The summed E-state index contributed by atoms with van der Waals surface area (Å²) >= 11 is 0. The summed E-state index contributed by atoms with van der Waals surface area (Å²) in [7, 11) is 0. The second-order valence-corrected chi connectivity index (χ2v) is 4.90. The molecule has 1 aromatic heterocycles. The molecule has 1 aromatic carbocycles. The first-order valence-corrected chi connectivity index (χ1v) is 6.29. The van der Waals surface area contributed by atoms with Gasteiger partial charge in [0.1, 0.15) is 0 Å². The molecule has 1 heterocycles. The first kappa shape index (κ1) is 10.4. The van der Waals surface area contributed by atoms with E-state index in [2.05, 4.69) is 9.78 Å². The molecule has 17 heavy (non-hydrogen) atoms. The van der Waals surface area contributed by atoms with Crippen molar-refractivity contribution in [3.05, 3.63) is 18.2 Å². The van der Waals surface area contributed by atoms with E-state index in [9.17, 15) is 0 Å². The molecule has 0 bridgehead atoms. The fourth-order valence-corrected chi connectivity index (χ4v) is 2.79. The predicted octanol–water partition coefficient (Wildman–Crippen LogP) is 2.71. The number of aromatic nitrogens is 2. The number of benzene rings is 1. The van der Waals surface area contributed by atoms with Crippen LogP contribution in [-0.4, -0.2) is 9.78 Å². The van der Waals surface area contributed by atoms with Crippen LogP contribution in [0.15, 0.2) is 18.2 Å². The van der Waals surface area contributed by atoms with Gasteiger partial charge in [0.2, 0.25) is 0 Å². The Labute approximate surface area is 101 Å². The Morgan fingerprint density at radius 2 is 1.88 bits per heavy atom. The molecule has 0 amide bonds. The highest BCUT2D eigenvalue weighted by Crippen LogP contribution is 2.32. The van der Waals surface area contributed by atoms with Crippen molar-refractivity contribution in [1.29, 1.82) is 0 Å². The summed E-state index contributed by atoms with van der Waals surface area (Å²) in [6.45, 7) is 0. The largest absolute Gasteiger partial charge is 0.399 e. The average molecular weight is 230 g/mol. The molecule has 4 nitrogen and oxygen atoms in total. The van der Waals surface area contributed by atoms with Crippen molar-refractivity contribution in [3.8, 4) is 0 Å². The third kappa shape index (κ3) is 1.73. The van der Waals surface area contributed by atoms with Crippen molar-refractivity contribution >= 4 is 22.4 Å². The monoisotopic (exact) mass is 230 g/mol. The van der Waals surface area contributed by atoms with Crippen molar-refractivity contribution < 1.29 is 0 Å². The third-order valence-corrected chi connectivity index (χ3v) is 3.68. The van der Waals surface area contributed by atoms with E-state index in [0.29, 0.717) is 11.9 Å². The summed E-state index contributed by atoms with van der Waals surface area (Å²) in [4.78, 5) is 0. The first-order valence-electron chi connectivity index (χ1n) is 6.29. The van der Waals surface area contributed by atoms with Crippen LogP contribution < -0.4 is 11.5 Å². The highest BCUT2D eigenvalue weighted by molar-refractivity contribution is 5.91. The molecule has 4 N–H and O–H groups in total. The van der Waals surface area contributed by atoms with Gasteiger partial charge in [-0.3, -0.25) is 4.68 Å². The maximum absolute atomic E-state index is 5.97. The summed E-state index contributed by atoms with van der Waals surface area (Å²) < 4.78 is 2.10. The van der Waals surface area contributed by atoms with E-state index in [1.165, 1.54) is 32.1 Å². The third-order valence-electron chi connectivity index (χ3n) is 3.68. The van der Waals surface area contributed by atoms with Crippen LogP contribution in [0.4, 0.5) is 11.5 Å². The Hall–Kier alpha value is -1.71. The van der Waals surface area contributed by atoms with E-state index in [-0.39, 0.29) is 0 Å². The van der Waals surface area contributed by atoms with E-state index < -0.39 is 0 Å². The van der Waals surface area contributed by atoms with Crippen molar-refractivity contribution in [3.63, 3.8) is 0 Å². The molecule has 1 aliphatic carbocycles. The van der Waals surface area contributed by atoms with Crippen molar-refractivity contribution in [2.24, 2.45) is 0 Å². The number of nitrogens with zero attached hydrogens (tertiary/aromatic N) is 2. The molecule has 0 radical (unpaired) electrons. The summed E-state index contributed by atoms with van der Waals surface area (Å²) in [6.07, 6.45) is 6.35. The van der Waals surface area contributed by atoms with Gasteiger partial charge in [-0.25, -0.2) is 0 Å². The minimum absolute atomic E-state index is 0.507. The molecule has 1 fully saturated rings. The molecule has 0 spiro atoms. The van der Waals surface area contributed by atoms with Crippen LogP contribution in [0.1, 0.15) is 38.1 Å². The molecule has 0 aliphatic heterocycles. The van der Waals surface area contributed by atoms with Gasteiger partial charge in [0, 0.05) is 11.1 Å². The second kappa shape index (κ2) is 3.95. The quantitative estimate of drug-likeness (QED) is 0.740. The van der Waals surface area contributed by atoms with Crippen molar-refractivity contribution in [2.75, 3.05) is 11.5 Å². The Bertz CT molecular complexity index is 538. The second-order valence-electron chi connectivity index (χ2n) is 4.90. The molecule has 0 saturated heterocycles. The lowest BCUT2D eigenvalue weighted by Gasteiger charge is -2.22. The summed E-state index contributed by atoms with van der Waals surface area (Å²) in [5.41, 5.74) is 13.6. The minimum atomic E-state index is 0.507. The topological polar surface area (TPSA) is 69.9 Å². The first-order chi connectivity index (χ1) is 8.25. The molecule has 0 atom stereocenters. The molecule has 1 saturated carbocycles. The molecule has 0 unspecified atom stereocenters. The van der Waals surface area contributed by atoms with Gasteiger partial charge >= 0.3 is 0 Å². The normalized spacial score (nSPS) is 17.6. The van der Waals surface area contributed by atoms with Gasteiger partial charge in [0.15, 0.2) is 5.82 Å². The number of nitrogens with two attached hydrogens (primary N) is 2. The predicted molar refractivity (Wildman–Crippen MR) is 70.7 cm³/mol. The lowest BCUT2D eigenvalue weighted by atomic mass is 9.95. The van der Waals surface area contributed by atoms with Crippen LogP contribution in [0.5, 0.6) is 0 Å². The molecular formula is C13H18N4. The Balaban J connectivity index is 2.10. The number of rotatable bonds is 1. The molecular weight excluding hydrogens is 212 g/mol. The Kier molecular flexibility index (Phi) is 2.42. The number of hydrogen-bond donors (Lipinski definition) is 2. The van der Waals surface area contributed by atoms with E-state index in [1.807, 2.05) is 18.2 Å². The van der Waals surface area contributed by atoms with Gasteiger partial charge in [-0.1, -0.05) is 19.3 Å². The smallest absolute Gasteiger partial charge is 0.153 e. The molecule has 2 aromatic rings. The highest BCUT2D eigenvalue weighted by Gasteiger charge is 2.19. The van der Waals surface area contributed by atoms with Crippen LogP contribution in [0.2, 0.25) is 0 Å². The fraction of sp³-hybridized carbons (Fsp3) is 0.462. The summed E-state index contributed by atoms with van der Waals surface area (Å²) in [5, 5.41) is 5.48. The Morgan fingerprint density at radius 3 is 2.65 bits per heavy atom. The summed E-state index contributed by atoms with van der Waals surface area (Å²) in [6, 6.07) is 6.37. The van der Waals surface area contributed by atoms with Crippen LogP contribution in [0, 0.1) is 0 Å². The van der Waals surface area contributed by atoms with Crippen LogP contribution >= 0.6 is 0 Å². The number of nitrogen functional groups attached to an aromatic ring is 2. The number of fused-ring (bicyclic) bond motifs is 1. The van der Waals surface area contributed by atoms with Gasteiger partial charge in [0.25, 0.3) is 0 Å². The van der Waals surface area contributed by atoms with Crippen LogP contribution in [0.3, 0.4) is 0 Å². The zero-order valence-corrected chi connectivity index (χ0v) is 9.89. The molecule has 3 rings (SSSR count). The lowest BCUT2D eigenvalue weighted by molar-refractivity contribution is 0.338. The lowest BCUT2D eigenvalue weighted by Crippen LogP contribution is -2.14. The highest BCUT2D eigenvalue weighted by atomic mass is 15.3. The summed E-state index contributed by atoms with van der Waals surface area (Å²) in [5.74, 6) is 0.595. The standard InChI is InChI=1S/C13H18N4/c14-9-6-7-12-11(8-9)13(15)16-17(12)10-4-2-1-3-5-10/h6-8,10H,1-5,14H2,(H2,15,16). The van der Waals surface area contributed by atoms with Crippen molar-refractivity contribution in [2.45, 2.75) is 38.1 Å². The average Bonchev–Trinajstić information content (AvgIpc) is 2.68. The Morgan fingerprint density at radius 1 is 1.12 bits per heavy atom. The van der Waals surface area contributed by atoms with Crippen molar-refractivity contribution in [1.82, 2.24) is 9.78 Å². The number of anilines is 2. The van der Waals surface area contributed by atoms with Gasteiger partial charge in [-0.05, 0) is 31.0 Å². The van der Waals surface area contributed by atoms with Gasteiger partial charge in [-0.2, -0.15) is 5.10 Å². The van der Waals surface area contributed by atoms with Gasteiger partial charge in [-0.15, -0.1) is 0 Å². The van der Waals surface area contributed by atoms with Gasteiger partial charge < -0.3 is 11.5 Å². The molecule has 4 heteroatoms. The van der Waals surface area contributed by atoms with E-state index in [4.69, 9.17) is 11.5 Å². The zero-order chi connectivity index (χ0) is 11.8. The van der Waals surface area contributed by atoms with E-state index in [1.54, 1.807) is 0 Å². The fourth-order valence-electron chi connectivity index (χ4n) is 2.79. The molecule has 90 valence electrons. The van der Waals surface area contributed by atoms with Crippen LogP contribution in [-0.2, 0) is 0 Å². The maximum atomic E-state index is 5.97. The van der Waals surface area contributed by atoms with E-state index >= 15 is 0 Å². The molecule has 1 aliphatic rings. The SMILES string of the molecule is Nc1ccc2c(c1)c(N)nn2C1CCCCC1. The minimum Gasteiger partial charge on any atom is -0.399 e. The maximum Gasteiger partial charge on any atom is 0.153 e.